The van der Waals surface area contributed by atoms with Gasteiger partial charge in [0.15, 0.2) is 5.11 Å². The van der Waals surface area contributed by atoms with Crippen LogP contribution in [-0.2, 0) is 4.79 Å². The van der Waals surface area contributed by atoms with Gasteiger partial charge in [0, 0.05) is 23.4 Å². The van der Waals surface area contributed by atoms with Gasteiger partial charge in [0.05, 0.1) is 6.61 Å². The Kier molecular flexibility index (Phi) is 9.80. The molecule has 0 aliphatic carbocycles. The van der Waals surface area contributed by atoms with Crippen molar-refractivity contribution in [3.05, 3.63) is 54.1 Å². The number of amides is 2. The minimum Gasteiger partial charge on any atom is -0.494 e. The lowest BCUT2D eigenvalue weighted by Gasteiger charge is -2.12. The molecule has 7 heteroatoms. The number of rotatable bonds is 10. The summed E-state index contributed by atoms with van der Waals surface area (Å²) in [5, 5.41) is 8.69. The Morgan fingerprint density at radius 2 is 1.67 bits per heavy atom. The molecule has 0 aromatic heterocycles. The van der Waals surface area contributed by atoms with Crippen LogP contribution in [0.3, 0.4) is 0 Å². The van der Waals surface area contributed by atoms with Crippen LogP contribution >= 0.6 is 12.2 Å². The molecule has 0 aliphatic rings. The van der Waals surface area contributed by atoms with Gasteiger partial charge < -0.3 is 15.4 Å². The van der Waals surface area contributed by atoms with Gasteiger partial charge in [-0.1, -0.05) is 38.8 Å². The number of carbonyl (C=O) groups excluding carboxylic acids is 2. The number of anilines is 2. The molecule has 30 heavy (non-hydrogen) atoms. The zero-order chi connectivity index (χ0) is 21.8. The van der Waals surface area contributed by atoms with E-state index in [0.29, 0.717) is 35.7 Å². The summed E-state index contributed by atoms with van der Waals surface area (Å²) in [5.74, 6) is 0.308. The number of benzene rings is 2. The number of carbonyl (C=O) groups is 2. The Labute approximate surface area is 183 Å². The van der Waals surface area contributed by atoms with Crippen molar-refractivity contribution >= 4 is 40.5 Å². The van der Waals surface area contributed by atoms with Crippen LogP contribution < -0.4 is 20.7 Å². The van der Waals surface area contributed by atoms with Gasteiger partial charge in [-0.25, -0.2) is 0 Å². The van der Waals surface area contributed by atoms with Crippen molar-refractivity contribution < 1.29 is 14.3 Å². The van der Waals surface area contributed by atoms with Crippen LogP contribution in [0, 0.1) is 0 Å². The van der Waals surface area contributed by atoms with Crippen molar-refractivity contribution in [1.29, 1.82) is 0 Å². The third-order valence-corrected chi connectivity index (χ3v) is 4.41. The maximum Gasteiger partial charge on any atom is 0.257 e. The highest BCUT2D eigenvalue weighted by Gasteiger charge is 2.10. The summed E-state index contributed by atoms with van der Waals surface area (Å²) in [5.41, 5.74) is 1.81. The third-order valence-electron chi connectivity index (χ3n) is 4.21. The first kappa shape index (κ1) is 23.3. The molecule has 160 valence electrons. The SMILES string of the molecule is CCCCCC(=O)Nc1cccc(NC(=S)NC(=O)c2cccc(OCCC)c2)c1. The highest BCUT2D eigenvalue weighted by Crippen LogP contribution is 2.16. The lowest BCUT2D eigenvalue weighted by Crippen LogP contribution is -2.34. The monoisotopic (exact) mass is 427 g/mol. The van der Waals surface area contributed by atoms with Gasteiger partial charge in [-0.2, -0.15) is 0 Å². The molecule has 0 bridgehead atoms. The largest absolute Gasteiger partial charge is 0.494 e. The molecule has 2 amide bonds. The first-order valence-corrected chi connectivity index (χ1v) is 10.7. The minimum absolute atomic E-state index is 0.0124. The number of thiocarbonyl (C=S) groups is 1. The molecule has 2 aromatic rings. The van der Waals surface area contributed by atoms with Crippen LogP contribution in [0.5, 0.6) is 5.75 Å². The summed E-state index contributed by atoms with van der Waals surface area (Å²) < 4.78 is 5.56. The quantitative estimate of drug-likeness (QED) is 0.362. The molecule has 0 saturated heterocycles. The van der Waals surface area contributed by atoms with Gasteiger partial charge in [0.1, 0.15) is 5.75 Å². The van der Waals surface area contributed by atoms with E-state index in [1.165, 1.54) is 0 Å². The van der Waals surface area contributed by atoms with Gasteiger partial charge >= 0.3 is 0 Å². The van der Waals surface area contributed by atoms with Gasteiger partial charge in [-0.3, -0.25) is 14.9 Å². The third kappa shape index (κ3) is 8.21. The van der Waals surface area contributed by atoms with E-state index in [4.69, 9.17) is 17.0 Å². The van der Waals surface area contributed by atoms with Crippen molar-refractivity contribution in [2.24, 2.45) is 0 Å². The molecule has 0 heterocycles. The van der Waals surface area contributed by atoms with Gasteiger partial charge in [-0.05, 0) is 61.5 Å². The summed E-state index contributed by atoms with van der Waals surface area (Å²) in [6.07, 6.45) is 4.38. The maximum atomic E-state index is 12.5. The first-order valence-electron chi connectivity index (χ1n) is 10.3. The number of nitrogens with one attached hydrogen (secondary N) is 3. The molecule has 2 aromatic carbocycles. The van der Waals surface area contributed by atoms with Crippen molar-refractivity contribution in [1.82, 2.24) is 5.32 Å². The Balaban J connectivity index is 1.90. The van der Waals surface area contributed by atoms with Crippen LogP contribution in [0.25, 0.3) is 0 Å². The zero-order valence-corrected chi connectivity index (χ0v) is 18.3. The Morgan fingerprint density at radius 1 is 0.933 bits per heavy atom. The average molecular weight is 428 g/mol. The fraction of sp³-hybridized carbons (Fsp3) is 0.348. The van der Waals surface area contributed by atoms with Crippen LogP contribution in [0.1, 0.15) is 56.3 Å². The molecule has 6 nitrogen and oxygen atoms in total. The van der Waals surface area contributed by atoms with E-state index in [1.807, 2.05) is 31.2 Å². The highest BCUT2D eigenvalue weighted by atomic mass is 32.1. The Morgan fingerprint density at radius 3 is 2.40 bits per heavy atom. The summed E-state index contributed by atoms with van der Waals surface area (Å²) in [7, 11) is 0. The Hall–Kier alpha value is -2.93. The molecule has 2 rings (SSSR count). The molecule has 0 aliphatic heterocycles. The lowest BCUT2D eigenvalue weighted by atomic mass is 10.2. The Bertz CT molecular complexity index is 870. The number of unbranched alkanes of at least 4 members (excludes halogenated alkanes) is 2. The predicted octanol–water partition coefficient (Wildman–Crippen LogP) is 5.12. The van der Waals surface area contributed by atoms with Gasteiger partial charge in [0.2, 0.25) is 5.91 Å². The lowest BCUT2D eigenvalue weighted by molar-refractivity contribution is -0.116. The number of ether oxygens (including phenoxy) is 1. The van der Waals surface area contributed by atoms with E-state index in [9.17, 15) is 9.59 Å². The van der Waals surface area contributed by atoms with Crippen molar-refractivity contribution in [2.75, 3.05) is 17.2 Å². The summed E-state index contributed by atoms with van der Waals surface area (Å²) >= 11 is 5.26. The van der Waals surface area contributed by atoms with Crippen molar-refractivity contribution in [3.63, 3.8) is 0 Å². The second-order valence-corrected chi connectivity index (χ2v) is 7.28. The number of hydrogen-bond acceptors (Lipinski definition) is 4. The number of hydrogen-bond donors (Lipinski definition) is 3. The highest BCUT2D eigenvalue weighted by molar-refractivity contribution is 7.80. The van der Waals surface area contributed by atoms with Crippen molar-refractivity contribution in [3.8, 4) is 5.75 Å². The topological polar surface area (TPSA) is 79.5 Å². The van der Waals surface area contributed by atoms with Crippen LogP contribution in [0.4, 0.5) is 11.4 Å². The zero-order valence-electron chi connectivity index (χ0n) is 17.5. The second-order valence-electron chi connectivity index (χ2n) is 6.87. The first-order chi connectivity index (χ1) is 14.5. The fourth-order valence-electron chi connectivity index (χ4n) is 2.72. The predicted molar refractivity (Wildman–Crippen MR) is 125 cm³/mol. The van der Waals surface area contributed by atoms with E-state index in [1.54, 1.807) is 24.3 Å². The molecule has 0 atom stereocenters. The van der Waals surface area contributed by atoms with E-state index < -0.39 is 0 Å². The van der Waals surface area contributed by atoms with E-state index >= 15 is 0 Å². The van der Waals surface area contributed by atoms with E-state index in [2.05, 4.69) is 22.9 Å². The average Bonchev–Trinajstić information content (AvgIpc) is 2.72. The van der Waals surface area contributed by atoms with Crippen LogP contribution in [0.15, 0.2) is 48.5 Å². The second kappa shape index (κ2) is 12.6. The van der Waals surface area contributed by atoms with Crippen molar-refractivity contribution in [2.45, 2.75) is 46.0 Å². The normalized spacial score (nSPS) is 10.2. The van der Waals surface area contributed by atoms with Gasteiger partial charge in [0.25, 0.3) is 5.91 Å². The molecule has 0 radical (unpaired) electrons. The maximum absolute atomic E-state index is 12.5. The minimum atomic E-state index is -0.324. The standard InChI is InChI=1S/C23H29N3O3S/c1-3-5-6-13-21(27)24-18-10-8-11-19(16-18)25-23(30)26-22(28)17-9-7-12-20(15-17)29-14-4-2/h7-12,15-16H,3-6,13-14H2,1-2H3,(H,24,27)(H2,25,26,28,30). The van der Waals surface area contributed by atoms with E-state index in [-0.39, 0.29) is 16.9 Å². The summed E-state index contributed by atoms with van der Waals surface area (Å²) in [6, 6.07) is 14.2. The molecule has 0 spiro atoms. The van der Waals surface area contributed by atoms with Crippen LogP contribution in [0.2, 0.25) is 0 Å². The molecular weight excluding hydrogens is 398 g/mol. The molecule has 0 fully saturated rings. The molecule has 0 saturated carbocycles. The summed E-state index contributed by atoms with van der Waals surface area (Å²) in [4.78, 5) is 24.4. The molecule has 0 unspecified atom stereocenters. The van der Waals surface area contributed by atoms with E-state index in [0.717, 1.165) is 25.7 Å². The molecular formula is C23H29N3O3S. The van der Waals surface area contributed by atoms with Crippen LogP contribution in [-0.4, -0.2) is 23.5 Å². The summed E-state index contributed by atoms with van der Waals surface area (Å²) in [6.45, 7) is 4.72. The smallest absolute Gasteiger partial charge is 0.257 e. The molecule has 3 N–H and O–H groups in total. The van der Waals surface area contributed by atoms with Gasteiger partial charge in [-0.15, -0.1) is 0 Å². The fourth-order valence-corrected chi connectivity index (χ4v) is 2.93.